The Morgan fingerprint density at radius 2 is 1.82 bits per heavy atom. The van der Waals surface area contributed by atoms with Gasteiger partial charge in [0.15, 0.2) is 5.82 Å². The van der Waals surface area contributed by atoms with Crippen molar-refractivity contribution in [1.29, 1.82) is 0 Å². The lowest BCUT2D eigenvalue weighted by atomic mass is 9.82. The predicted molar refractivity (Wildman–Crippen MR) is 171 cm³/mol. The molecule has 236 valence electrons. The number of anilines is 1. The fourth-order valence-corrected chi connectivity index (χ4v) is 10.2. The van der Waals surface area contributed by atoms with Gasteiger partial charge in [0.25, 0.3) is 0 Å². The maximum atomic E-state index is 16.9. The second-order valence-corrected chi connectivity index (χ2v) is 14.9. The minimum Gasteiger partial charge on any atom is -0.508 e. The molecule has 0 radical (unpaired) electrons. The van der Waals surface area contributed by atoms with E-state index < -0.39 is 16.6 Å². The number of pyridine rings is 1. The first-order chi connectivity index (χ1) is 21.8. The highest BCUT2D eigenvalue weighted by molar-refractivity contribution is 7.86. The number of phenolic OH excluding ortho intramolecular Hbond substituents is 1. The van der Waals surface area contributed by atoms with Crippen molar-refractivity contribution in [2.75, 3.05) is 49.2 Å². The Bertz CT molecular complexity index is 1850. The number of hydrogen-bond acceptors (Lipinski definition) is 8. The van der Waals surface area contributed by atoms with E-state index in [1.54, 1.807) is 18.3 Å². The van der Waals surface area contributed by atoms with Crippen LogP contribution in [0, 0.1) is 17.0 Å². The lowest BCUT2D eigenvalue weighted by Crippen LogP contribution is -2.55. The van der Waals surface area contributed by atoms with Crippen molar-refractivity contribution in [3.8, 4) is 23.0 Å². The van der Waals surface area contributed by atoms with E-state index in [2.05, 4.69) is 19.8 Å². The average molecular weight is 634 g/mol. The van der Waals surface area contributed by atoms with Gasteiger partial charge in [0, 0.05) is 52.6 Å². The van der Waals surface area contributed by atoms with Gasteiger partial charge in [-0.3, -0.25) is 14.1 Å². The number of ether oxygens (including phenoxy) is 1. The van der Waals surface area contributed by atoms with E-state index in [1.165, 1.54) is 12.1 Å². The van der Waals surface area contributed by atoms with Crippen LogP contribution in [0.5, 0.6) is 11.8 Å². The molecular weight excluding hydrogens is 596 g/mol. The molecule has 0 unspecified atom stereocenters. The quantitative estimate of drug-likeness (QED) is 0.287. The third-order valence-electron chi connectivity index (χ3n) is 10.6. The second kappa shape index (κ2) is 10.8. The molecule has 0 saturated carbocycles. The third kappa shape index (κ3) is 4.76. The first-order valence-corrected chi connectivity index (χ1v) is 17.6. The number of aromatic nitrogens is 3. The van der Waals surface area contributed by atoms with Crippen LogP contribution >= 0.6 is 0 Å². The van der Waals surface area contributed by atoms with Gasteiger partial charge in [0.05, 0.1) is 10.9 Å². The van der Waals surface area contributed by atoms with Crippen LogP contribution in [0.3, 0.4) is 0 Å². The standard InChI is InChI=1S/C34H37F2N5O3S/c1-2-23-26(35)7-6-21-14-22(42)15-24(27(21)23)29-28(36)30-25(16-37-29)31(40-11-3-8-33(17-40)19-45(43)20-33)39-32(38-30)44-18-34-9-4-12-41(34)13-5-10-34/h6-7,14-16,42H,2-5,8-13,17-20H2,1H3. The fraction of sp³-hybridized carbons (Fsp3) is 0.500. The number of halogens is 2. The van der Waals surface area contributed by atoms with Gasteiger partial charge >= 0.3 is 6.01 Å². The molecule has 4 aromatic rings. The Balaban J connectivity index is 1.27. The van der Waals surface area contributed by atoms with E-state index in [0.29, 0.717) is 64.2 Å². The summed E-state index contributed by atoms with van der Waals surface area (Å²) in [5, 5.41) is 12.2. The van der Waals surface area contributed by atoms with Crippen molar-refractivity contribution >= 4 is 38.3 Å². The summed E-state index contributed by atoms with van der Waals surface area (Å²) in [5.74, 6) is 0.794. The summed E-state index contributed by atoms with van der Waals surface area (Å²) < 4.78 is 50.3. The zero-order chi connectivity index (χ0) is 30.9. The Morgan fingerprint density at radius 1 is 1.04 bits per heavy atom. The highest BCUT2D eigenvalue weighted by Crippen LogP contribution is 2.44. The van der Waals surface area contributed by atoms with E-state index in [1.807, 2.05) is 6.92 Å². The number of benzene rings is 2. The number of rotatable bonds is 6. The zero-order valence-electron chi connectivity index (χ0n) is 25.5. The number of aromatic hydroxyl groups is 1. The zero-order valence-corrected chi connectivity index (χ0v) is 26.3. The molecule has 4 saturated heterocycles. The van der Waals surface area contributed by atoms with Crippen LogP contribution < -0.4 is 9.64 Å². The van der Waals surface area contributed by atoms with Crippen LogP contribution in [0.4, 0.5) is 14.6 Å². The van der Waals surface area contributed by atoms with E-state index in [4.69, 9.17) is 9.72 Å². The number of phenols is 1. The van der Waals surface area contributed by atoms with Crippen molar-refractivity contribution in [2.24, 2.45) is 5.41 Å². The maximum Gasteiger partial charge on any atom is 0.319 e. The maximum absolute atomic E-state index is 16.9. The molecule has 1 spiro atoms. The van der Waals surface area contributed by atoms with Crippen molar-refractivity contribution < 1.29 is 22.8 Å². The Morgan fingerprint density at radius 3 is 2.58 bits per heavy atom. The molecule has 8 nitrogen and oxygen atoms in total. The molecule has 2 aromatic heterocycles. The number of hydrogen-bond donors (Lipinski definition) is 1. The van der Waals surface area contributed by atoms with Crippen LogP contribution in [0.1, 0.15) is 51.0 Å². The van der Waals surface area contributed by atoms with Crippen LogP contribution in [0.15, 0.2) is 30.5 Å². The van der Waals surface area contributed by atoms with Gasteiger partial charge in [-0.05, 0) is 92.6 Å². The highest BCUT2D eigenvalue weighted by Gasteiger charge is 2.47. The van der Waals surface area contributed by atoms with E-state index in [9.17, 15) is 13.7 Å². The molecular formula is C34H37F2N5O3S. The lowest BCUT2D eigenvalue weighted by molar-refractivity contribution is 0.108. The summed E-state index contributed by atoms with van der Waals surface area (Å²) in [4.78, 5) is 18.8. The SMILES string of the molecule is CCc1c(F)ccc2cc(O)cc(-c3ncc4c(N5CCCC6(C5)CS(=O)C6)nc(OCC56CCCN5CCC6)nc4c3F)c12. The predicted octanol–water partition coefficient (Wildman–Crippen LogP) is 5.75. The van der Waals surface area contributed by atoms with Gasteiger partial charge in [-0.2, -0.15) is 9.97 Å². The largest absolute Gasteiger partial charge is 0.508 e. The van der Waals surface area contributed by atoms with Crippen LogP contribution in [0.25, 0.3) is 32.9 Å². The van der Waals surface area contributed by atoms with Gasteiger partial charge in [-0.15, -0.1) is 0 Å². The molecule has 0 bridgehead atoms. The van der Waals surface area contributed by atoms with E-state index >= 15 is 4.39 Å². The average Bonchev–Trinajstić information content (AvgIpc) is 3.60. The van der Waals surface area contributed by atoms with Gasteiger partial charge in [-0.25, -0.2) is 8.78 Å². The van der Waals surface area contributed by atoms with Crippen molar-refractivity contribution in [2.45, 2.75) is 57.4 Å². The molecule has 1 N–H and O–H groups in total. The van der Waals surface area contributed by atoms with Crippen LogP contribution in [-0.4, -0.2) is 79.0 Å². The molecule has 2 aromatic carbocycles. The summed E-state index contributed by atoms with van der Waals surface area (Å²) in [5.41, 5.74) is 0.748. The Hall–Kier alpha value is -3.44. The lowest BCUT2D eigenvalue weighted by Gasteiger charge is -2.48. The summed E-state index contributed by atoms with van der Waals surface area (Å²) in [6.45, 7) is 5.83. The molecule has 8 rings (SSSR count). The second-order valence-electron chi connectivity index (χ2n) is 13.4. The fourth-order valence-electron chi connectivity index (χ4n) is 8.47. The first-order valence-electron chi connectivity index (χ1n) is 16.1. The summed E-state index contributed by atoms with van der Waals surface area (Å²) in [7, 11) is -0.794. The van der Waals surface area contributed by atoms with E-state index in [0.717, 1.165) is 58.2 Å². The number of aryl methyl sites for hydroxylation is 1. The Labute approximate surface area is 263 Å². The molecule has 45 heavy (non-hydrogen) atoms. The topological polar surface area (TPSA) is 91.7 Å². The minimum atomic E-state index is -0.794. The molecule has 0 atom stereocenters. The van der Waals surface area contributed by atoms with Gasteiger partial charge in [-0.1, -0.05) is 13.0 Å². The van der Waals surface area contributed by atoms with Gasteiger partial charge in [0.2, 0.25) is 0 Å². The molecule has 6 heterocycles. The molecule has 4 fully saturated rings. The van der Waals surface area contributed by atoms with Gasteiger partial charge < -0.3 is 14.7 Å². The first kappa shape index (κ1) is 29.0. The molecule has 11 heteroatoms. The summed E-state index contributed by atoms with van der Waals surface area (Å²) in [6, 6.07) is 6.08. The van der Waals surface area contributed by atoms with E-state index in [-0.39, 0.29) is 39.7 Å². The van der Waals surface area contributed by atoms with Gasteiger partial charge in [0.1, 0.15) is 35.2 Å². The monoisotopic (exact) mass is 633 g/mol. The van der Waals surface area contributed by atoms with Crippen molar-refractivity contribution in [3.05, 3.63) is 47.7 Å². The Kier molecular flexibility index (Phi) is 6.98. The smallest absolute Gasteiger partial charge is 0.319 e. The molecule has 4 aliphatic rings. The minimum absolute atomic E-state index is 0.0137. The molecule has 0 amide bonds. The highest BCUT2D eigenvalue weighted by atomic mass is 32.2. The van der Waals surface area contributed by atoms with Crippen molar-refractivity contribution in [3.63, 3.8) is 0 Å². The molecule has 0 aliphatic carbocycles. The van der Waals surface area contributed by atoms with Crippen molar-refractivity contribution in [1.82, 2.24) is 19.9 Å². The van der Waals surface area contributed by atoms with Crippen LogP contribution in [-0.2, 0) is 17.2 Å². The summed E-state index contributed by atoms with van der Waals surface area (Å²) >= 11 is 0. The molecule has 4 aliphatic heterocycles. The number of nitrogens with zero attached hydrogens (tertiary/aromatic N) is 5. The third-order valence-corrected chi connectivity index (χ3v) is 12.5. The van der Waals surface area contributed by atoms with Crippen LogP contribution in [0.2, 0.25) is 0 Å². The number of fused-ring (bicyclic) bond motifs is 3. The number of piperidine rings is 1. The summed E-state index contributed by atoms with van der Waals surface area (Å²) in [6.07, 6.45) is 8.29. The normalized spacial score (nSPS) is 24.4.